The number of amides is 1. The van der Waals surface area contributed by atoms with E-state index < -0.39 is 23.7 Å². The Kier molecular flexibility index (Phi) is 4.62. The smallest absolute Gasteiger partial charge is 0.358 e. The normalized spacial score (nSPS) is 13.0. The number of aromatic amines is 1. The number of fused-ring (bicyclic) bond motifs is 2. The molecule has 0 fully saturated rings. The van der Waals surface area contributed by atoms with E-state index in [2.05, 4.69) is 35.4 Å². The molecule has 13 heteroatoms. The van der Waals surface area contributed by atoms with Crippen molar-refractivity contribution in [2.45, 2.75) is 19.1 Å². The number of carbonyl (C=O) groups excluding carboxylic acids is 1. The largest absolute Gasteiger partial charge is 0.416 e. The summed E-state index contributed by atoms with van der Waals surface area (Å²) in [6, 6.07) is 4.20. The molecule has 1 amide bonds. The first-order valence-corrected chi connectivity index (χ1v) is 10.1. The number of aromatic nitrogens is 6. The van der Waals surface area contributed by atoms with Crippen molar-refractivity contribution in [1.82, 2.24) is 35.4 Å². The van der Waals surface area contributed by atoms with Crippen molar-refractivity contribution in [2.75, 3.05) is 0 Å². The molecule has 0 aliphatic rings. The van der Waals surface area contributed by atoms with Gasteiger partial charge < -0.3 is 14.8 Å². The molecule has 32 heavy (non-hydrogen) atoms. The van der Waals surface area contributed by atoms with Gasteiger partial charge in [0.15, 0.2) is 17.3 Å². The van der Waals surface area contributed by atoms with Crippen molar-refractivity contribution >= 4 is 38.6 Å². The average Bonchev–Trinajstić information content (AvgIpc) is 3.50. The van der Waals surface area contributed by atoms with Crippen LogP contribution in [0.15, 0.2) is 40.6 Å². The first-order valence-electron chi connectivity index (χ1n) is 9.18. The molecule has 162 valence electrons. The number of hydrogen-bond donors (Lipinski definition) is 2. The van der Waals surface area contributed by atoms with E-state index in [0.29, 0.717) is 21.6 Å². The maximum atomic E-state index is 12.9. The molecule has 0 saturated carbocycles. The number of H-pyrrole nitrogens is 1. The van der Waals surface area contributed by atoms with Crippen molar-refractivity contribution in [3.8, 4) is 11.5 Å². The summed E-state index contributed by atoms with van der Waals surface area (Å²) in [4.78, 5) is 32.5. The Morgan fingerprint density at radius 1 is 1.22 bits per heavy atom. The Balaban J connectivity index is 1.37. The molecule has 0 saturated heterocycles. The second-order valence-electron chi connectivity index (χ2n) is 6.85. The van der Waals surface area contributed by atoms with E-state index in [1.165, 1.54) is 23.7 Å². The van der Waals surface area contributed by atoms with Gasteiger partial charge in [0.25, 0.3) is 5.91 Å². The highest BCUT2D eigenvalue weighted by molar-refractivity contribution is 7.16. The number of thiazole rings is 1. The molecular weight excluding hydrogens is 447 g/mol. The molecule has 0 spiro atoms. The standard InChI is InChI=1S/C19H12F3N7O2S/c1-8(26-17(30)14-15-18(24-6-23-14)32-7-25-15)13-5-12(29-31-13)16-27-10-3-2-9(19(20,21)22)4-11(10)28-16/h2-8H,1H3,(H,26,30)(H,27,28)/t8-/m0/s1. The van der Waals surface area contributed by atoms with Crippen LogP contribution in [0.5, 0.6) is 0 Å². The molecule has 4 heterocycles. The summed E-state index contributed by atoms with van der Waals surface area (Å²) in [6.45, 7) is 1.69. The van der Waals surface area contributed by atoms with E-state index in [1.807, 2.05) is 0 Å². The van der Waals surface area contributed by atoms with Crippen LogP contribution in [0.1, 0.15) is 34.8 Å². The molecule has 9 nitrogen and oxygen atoms in total. The zero-order valence-electron chi connectivity index (χ0n) is 16.1. The molecule has 1 aromatic carbocycles. The van der Waals surface area contributed by atoms with Crippen LogP contribution in [0.3, 0.4) is 0 Å². The third kappa shape index (κ3) is 3.56. The average molecular weight is 459 g/mol. The highest BCUT2D eigenvalue weighted by Gasteiger charge is 2.31. The van der Waals surface area contributed by atoms with Gasteiger partial charge in [-0.1, -0.05) is 5.16 Å². The van der Waals surface area contributed by atoms with E-state index in [4.69, 9.17) is 4.52 Å². The van der Waals surface area contributed by atoms with Crippen LogP contribution < -0.4 is 5.32 Å². The first kappa shape index (κ1) is 20.1. The van der Waals surface area contributed by atoms with Crippen molar-refractivity contribution in [3.63, 3.8) is 0 Å². The van der Waals surface area contributed by atoms with E-state index in [9.17, 15) is 18.0 Å². The minimum Gasteiger partial charge on any atom is -0.358 e. The number of carbonyl (C=O) groups is 1. The Morgan fingerprint density at radius 3 is 2.88 bits per heavy atom. The zero-order valence-corrected chi connectivity index (χ0v) is 17.0. The Bertz CT molecular complexity index is 1460. The van der Waals surface area contributed by atoms with Crippen molar-refractivity contribution in [2.24, 2.45) is 0 Å². The van der Waals surface area contributed by atoms with Gasteiger partial charge in [0.1, 0.15) is 22.4 Å². The minimum atomic E-state index is -4.46. The second kappa shape index (κ2) is 7.37. The predicted molar refractivity (Wildman–Crippen MR) is 108 cm³/mol. The molecule has 5 aromatic rings. The van der Waals surface area contributed by atoms with E-state index in [-0.39, 0.29) is 22.7 Å². The Hall–Kier alpha value is -3.87. The van der Waals surface area contributed by atoms with Gasteiger partial charge in [-0.3, -0.25) is 4.79 Å². The van der Waals surface area contributed by atoms with Crippen LogP contribution >= 0.6 is 11.3 Å². The summed E-state index contributed by atoms with van der Waals surface area (Å²) in [5, 5.41) is 6.67. The second-order valence-corrected chi connectivity index (χ2v) is 7.69. The number of nitrogens with zero attached hydrogens (tertiary/aromatic N) is 5. The summed E-state index contributed by atoms with van der Waals surface area (Å²) in [7, 11) is 0. The molecule has 1 atom stereocenters. The summed E-state index contributed by atoms with van der Waals surface area (Å²) in [5.41, 5.74) is 2.20. The number of halogens is 3. The molecule has 2 N–H and O–H groups in total. The van der Waals surface area contributed by atoms with Gasteiger partial charge in [0.05, 0.1) is 28.1 Å². The van der Waals surface area contributed by atoms with Gasteiger partial charge in [-0.15, -0.1) is 11.3 Å². The highest BCUT2D eigenvalue weighted by Crippen LogP contribution is 2.32. The number of imidazole rings is 1. The van der Waals surface area contributed by atoms with E-state index >= 15 is 0 Å². The fourth-order valence-corrected chi connectivity index (χ4v) is 3.74. The Labute approximate surface area is 180 Å². The van der Waals surface area contributed by atoms with Crippen LogP contribution in [0.4, 0.5) is 13.2 Å². The third-order valence-corrected chi connectivity index (χ3v) is 5.44. The molecule has 0 aliphatic carbocycles. The lowest BCUT2D eigenvalue weighted by Gasteiger charge is -2.10. The fourth-order valence-electron chi connectivity index (χ4n) is 3.11. The van der Waals surface area contributed by atoms with Crippen LogP contribution in [-0.2, 0) is 6.18 Å². The maximum absolute atomic E-state index is 12.9. The predicted octanol–water partition coefficient (Wildman–Crippen LogP) is 4.13. The van der Waals surface area contributed by atoms with E-state index in [0.717, 1.165) is 12.1 Å². The van der Waals surface area contributed by atoms with Gasteiger partial charge in [0.2, 0.25) is 0 Å². The number of rotatable bonds is 4. The Morgan fingerprint density at radius 2 is 2.06 bits per heavy atom. The molecule has 0 aliphatic heterocycles. The van der Waals surface area contributed by atoms with Gasteiger partial charge in [-0.25, -0.2) is 19.9 Å². The number of nitrogens with one attached hydrogen (secondary N) is 2. The lowest BCUT2D eigenvalue weighted by atomic mass is 10.2. The number of hydrogen-bond acceptors (Lipinski definition) is 8. The van der Waals surface area contributed by atoms with Crippen molar-refractivity contribution in [3.05, 3.63) is 53.1 Å². The lowest BCUT2D eigenvalue weighted by molar-refractivity contribution is -0.137. The molecule has 0 unspecified atom stereocenters. The molecule has 0 radical (unpaired) electrons. The van der Waals surface area contributed by atoms with Crippen molar-refractivity contribution < 1.29 is 22.5 Å². The SMILES string of the molecule is C[C@H](NC(=O)c1ncnc2scnc12)c1cc(-c2nc3ccc(C(F)(F)F)cc3[nH]2)no1. The summed E-state index contributed by atoms with van der Waals surface area (Å²) >= 11 is 1.30. The highest BCUT2D eigenvalue weighted by atomic mass is 32.1. The first-order chi connectivity index (χ1) is 15.3. The van der Waals surface area contributed by atoms with Crippen LogP contribution in [-0.4, -0.2) is 36.0 Å². The van der Waals surface area contributed by atoms with Gasteiger partial charge in [0, 0.05) is 6.07 Å². The maximum Gasteiger partial charge on any atom is 0.416 e. The molecular formula is C19H12F3N7O2S. The fraction of sp³-hybridized carbons (Fsp3) is 0.158. The zero-order chi connectivity index (χ0) is 22.5. The molecule has 0 bridgehead atoms. The van der Waals surface area contributed by atoms with Crippen molar-refractivity contribution in [1.29, 1.82) is 0 Å². The number of benzene rings is 1. The van der Waals surface area contributed by atoms with E-state index in [1.54, 1.807) is 18.5 Å². The third-order valence-electron chi connectivity index (χ3n) is 4.70. The van der Waals surface area contributed by atoms with Gasteiger partial charge in [-0.05, 0) is 25.1 Å². The summed E-state index contributed by atoms with van der Waals surface area (Å²) in [6.07, 6.45) is -3.17. The minimum absolute atomic E-state index is 0.139. The summed E-state index contributed by atoms with van der Waals surface area (Å²) < 4.78 is 44.1. The monoisotopic (exact) mass is 459 g/mol. The van der Waals surface area contributed by atoms with Gasteiger partial charge in [-0.2, -0.15) is 13.2 Å². The van der Waals surface area contributed by atoms with Crippen LogP contribution in [0, 0.1) is 0 Å². The van der Waals surface area contributed by atoms with Crippen LogP contribution in [0.2, 0.25) is 0 Å². The number of alkyl halides is 3. The molecule has 5 rings (SSSR count). The quantitative estimate of drug-likeness (QED) is 0.414. The molecule has 4 aromatic heterocycles. The van der Waals surface area contributed by atoms with Gasteiger partial charge >= 0.3 is 6.18 Å². The lowest BCUT2D eigenvalue weighted by Crippen LogP contribution is -2.27. The summed E-state index contributed by atoms with van der Waals surface area (Å²) in [5.74, 6) is 0.110. The van der Waals surface area contributed by atoms with Crippen LogP contribution in [0.25, 0.3) is 32.9 Å². The topological polar surface area (TPSA) is 122 Å².